The summed E-state index contributed by atoms with van der Waals surface area (Å²) in [7, 11) is 0. The first-order chi connectivity index (χ1) is 9.10. The minimum absolute atomic E-state index is 0.0168. The van der Waals surface area contributed by atoms with Gasteiger partial charge in [0.25, 0.3) is 0 Å². The van der Waals surface area contributed by atoms with Crippen LogP contribution in [0.2, 0.25) is 10.0 Å². The maximum Gasteiger partial charge on any atom is 0.144 e. The van der Waals surface area contributed by atoms with Crippen molar-refractivity contribution >= 4 is 23.2 Å². The monoisotopic (exact) mass is 295 g/mol. The zero-order chi connectivity index (χ0) is 13.8. The molecule has 0 heterocycles. The fraction of sp³-hybridized carbons (Fsp3) is 0.0714. The Bertz CT molecular complexity index is 652. The summed E-state index contributed by atoms with van der Waals surface area (Å²) in [6, 6.07) is 10.9. The van der Waals surface area contributed by atoms with Gasteiger partial charge < -0.3 is 4.74 Å². The highest BCUT2D eigenvalue weighted by Crippen LogP contribution is 2.23. The van der Waals surface area contributed by atoms with Gasteiger partial charge >= 0.3 is 0 Å². The van der Waals surface area contributed by atoms with Crippen LogP contribution in [0.25, 0.3) is 0 Å². The Balaban J connectivity index is 2.10. The molecular formula is C14H8Cl2FNO. The van der Waals surface area contributed by atoms with E-state index in [2.05, 4.69) is 0 Å². The van der Waals surface area contributed by atoms with Crippen LogP contribution in [0.3, 0.4) is 0 Å². The molecule has 0 atom stereocenters. The zero-order valence-electron chi connectivity index (χ0n) is 9.66. The Morgan fingerprint density at radius 2 is 1.95 bits per heavy atom. The second kappa shape index (κ2) is 5.92. The topological polar surface area (TPSA) is 33.0 Å². The Morgan fingerprint density at radius 1 is 1.16 bits per heavy atom. The van der Waals surface area contributed by atoms with Gasteiger partial charge in [0.2, 0.25) is 0 Å². The summed E-state index contributed by atoms with van der Waals surface area (Å²) in [6.45, 7) is 0.196. The standard InChI is InChI=1S/C14H8Cl2FNO/c15-11-3-1-10(13(16)5-11)8-19-12-4-2-9(7-18)14(17)6-12/h1-6H,8H2. The number of benzene rings is 2. The molecule has 0 saturated heterocycles. The van der Waals surface area contributed by atoms with Crippen LogP contribution < -0.4 is 4.74 Å². The molecule has 2 aromatic carbocycles. The molecule has 2 nitrogen and oxygen atoms in total. The maximum absolute atomic E-state index is 13.4. The van der Waals surface area contributed by atoms with Crippen LogP contribution in [0.1, 0.15) is 11.1 Å². The molecule has 2 rings (SSSR count). The molecule has 0 unspecified atom stereocenters. The van der Waals surface area contributed by atoms with Gasteiger partial charge in [-0.15, -0.1) is 0 Å². The lowest BCUT2D eigenvalue weighted by molar-refractivity contribution is 0.304. The molecule has 5 heteroatoms. The molecule has 0 N–H and O–H groups in total. The van der Waals surface area contributed by atoms with Gasteiger partial charge in [-0.2, -0.15) is 5.26 Å². The van der Waals surface area contributed by atoms with E-state index in [0.717, 1.165) is 5.56 Å². The van der Waals surface area contributed by atoms with Crippen molar-refractivity contribution in [2.24, 2.45) is 0 Å². The van der Waals surface area contributed by atoms with E-state index in [1.165, 1.54) is 18.2 Å². The van der Waals surface area contributed by atoms with Crippen LogP contribution in [-0.2, 0) is 6.61 Å². The first kappa shape index (κ1) is 13.7. The van der Waals surface area contributed by atoms with Crippen molar-refractivity contribution < 1.29 is 9.13 Å². The van der Waals surface area contributed by atoms with E-state index in [0.29, 0.717) is 15.8 Å². The van der Waals surface area contributed by atoms with Crippen LogP contribution in [0, 0.1) is 17.1 Å². The number of nitriles is 1. The molecule has 0 amide bonds. The van der Waals surface area contributed by atoms with E-state index in [1.54, 1.807) is 24.3 Å². The van der Waals surface area contributed by atoms with Crippen LogP contribution in [0.5, 0.6) is 5.75 Å². The van der Waals surface area contributed by atoms with E-state index in [-0.39, 0.29) is 12.2 Å². The van der Waals surface area contributed by atoms with E-state index in [9.17, 15) is 4.39 Å². The molecule has 0 fully saturated rings. The molecule has 0 radical (unpaired) electrons. The second-order valence-electron chi connectivity index (χ2n) is 3.78. The van der Waals surface area contributed by atoms with Crippen LogP contribution in [0.15, 0.2) is 36.4 Å². The highest BCUT2D eigenvalue weighted by molar-refractivity contribution is 6.35. The van der Waals surface area contributed by atoms with Gasteiger partial charge in [-0.25, -0.2) is 4.39 Å². The Hall–Kier alpha value is -1.76. The van der Waals surface area contributed by atoms with Crippen molar-refractivity contribution in [2.75, 3.05) is 0 Å². The zero-order valence-corrected chi connectivity index (χ0v) is 11.2. The fourth-order valence-electron chi connectivity index (χ4n) is 1.48. The molecule has 0 aliphatic heterocycles. The summed E-state index contributed by atoms with van der Waals surface area (Å²) >= 11 is 11.8. The van der Waals surface area contributed by atoms with Crippen molar-refractivity contribution in [3.63, 3.8) is 0 Å². The van der Waals surface area contributed by atoms with E-state index >= 15 is 0 Å². The summed E-state index contributed by atoms with van der Waals surface area (Å²) < 4.78 is 18.8. The molecule has 0 bridgehead atoms. The summed E-state index contributed by atoms with van der Waals surface area (Å²) in [5, 5.41) is 9.65. The highest BCUT2D eigenvalue weighted by atomic mass is 35.5. The van der Waals surface area contributed by atoms with E-state index < -0.39 is 5.82 Å². The minimum Gasteiger partial charge on any atom is -0.489 e. The molecule has 0 saturated carbocycles. The van der Waals surface area contributed by atoms with Crippen molar-refractivity contribution in [1.29, 1.82) is 5.26 Å². The number of hydrogen-bond donors (Lipinski definition) is 0. The quantitative estimate of drug-likeness (QED) is 0.830. The van der Waals surface area contributed by atoms with Gasteiger partial charge in [0.15, 0.2) is 0 Å². The number of rotatable bonds is 3. The summed E-state index contributed by atoms with van der Waals surface area (Å²) in [5.74, 6) is -0.273. The van der Waals surface area contributed by atoms with Crippen molar-refractivity contribution in [3.05, 3.63) is 63.4 Å². The lowest BCUT2D eigenvalue weighted by Gasteiger charge is -2.08. The van der Waals surface area contributed by atoms with E-state index in [4.69, 9.17) is 33.2 Å². The predicted octanol–water partition coefficient (Wildman–Crippen LogP) is 4.58. The number of nitrogens with zero attached hydrogens (tertiary/aromatic N) is 1. The smallest absolute Gasteiger partial charge is 0.144 e. The molecule has 0 aromatic heterocycles. The van der Waals surface area contributed by atoms with Crippen molar-refractivity contribution in [2.45, 2.75) is 6.61 Å². The summed E-state index contributed by atoms with van der Waals surface area (Å²) in [5.41, 5.74) is 0.729. The lowest BCUT2D eigenvalue weighted by atomic mass is 10.2. The lowest BCUT2D eigenvalue weighted by Crippen LogP contribution is -1.97. The first-order valence-electron chi connectivity index (χ1n) is 5.36. The third-order valence-corrected chi connectivity index (χ3v) is 3.06. The average Bonchev–Trinajstić information content (AvgIpc) is 2.38. The van der Waals surface area contributed by atoms with Crippen molar-refractivity contribution in [1.82, 2.24) is 0 Å². The van der Waals surface area contributed by atoms with Crippen LogP contribution in [0.4, 0.5) is 4.39 Å². The molecule has 2 aromatic rings. The van der Waals surface area contributed by atoms with Gasteiger partial charge in [0.05, 0.1) is 5.56 Å². The second-order valence-corrected chi connectivity index (χ2v) is 4.62. The third kappa shape index (κ3) is 3.37. The Labute approximate surface area is 119 Å². The summed E-state index contributed by atoms with van der Waals surface area (Å²) in [4.78, 5) is 0. The highest BCUT2D eigenvalue weighted by Gasteiger charge is 2.05. The number of ether oxygens (including phenoxy) is 1. The van der Waals surface area contributed by atoms with Gasteiger partial charge in [-0.3, -0.25) is 0 Å². The largest absolute Gasteiger partial charge is 0.489 e. The molecule has 19 heavy (non-hydrogen) atoms. The van der Waals surface area contributed by atoms with Crippen LogP contribution in [-0.4, -0.2) is 0 Å². The molecule has 0 spiro atoms. The third-order valence-electron chi connectivity index (χ3n) is 2.47. The fourth-order valence-corrected chi connectivity index (χ4v) is 1.94. The molecular weight excluding hydrogens is 288 g/mol. The molecule has 96 valence electrons. The number of hydrogen-bond acceptors (Lipinski definition) is 2. The number of halogens is 3. The predicted molar refractivity (Wildman–Crippen MR) is 71.9 cm³/mol. The van der Waals surface area contributed by atoms with E-state index in [1.807, 2.05) is 0 Å². The Kier molecular flexibility index (Phi) is 4.26. The SMILES string of the molecule is N#Cc1ccc(OCc2ccc(Cl)cc2Cl)cc1F. The minimum atomic E-state index is -0.609. The molecule has 0 aliphatic carbocycles. The Morgan fingerprint density at radius 3 is 2.58 bits per heavy atom. The van der Waals surface area contributed by atoms with Crippen molar-refractivity contribution in [3.8, 4) is 11.8 Å². The average molecular weight is 296 g/mol. The summed E-state index contributed by atoms with van der Waals surface area (Å²) in [6.07, 6.45) is 0. The van der Waals surface area contributed by atoms with Gasteiger partial charge in [0, 0.05) is 21.7 Å². The molecule has 0 aliphatic rings. The van der Waals surface area contributed by atoms with Crippen LogP contribution >= 0.6 is 23.2 Å². The first-order valence-corrected chi connectivity index (χ1v) is 6.12. The van der Waals surface area contributed by atoms with Gasteiger partial charge in [-0.1, -0.05) is 29.3 Å². The van der Waals surface area contributed by atoms with Gasteiger partial charge in [-0.05, 0) is 24.3 Å². The van der Waals surface area contributed by atoms with Gasteiger partial charge in [0.1, 0.15) is 24.2 Å². The maximum atomic E-state index is 13.4. The normalized spacial score (nSPS) is 10.0.